The molecule has 0 heterocycles. The fourth-order valence-electron chi connectivity index (χ4n) is 1.37. The minimum Gasteiger partial charge on any atom is -0.497 e. The number of hydrogen-bond acceptors (Lipinski definition) is 3. The maximum atomic E-state index is 13.7. The lowest BCUT2D eigenvalue weighted by atomic mass is 10.1. The summed E-state index contributed by atoms with van der Waals surface area (Å²) in [5, 5.41) is 0. The number of methoxy groups -OCH3 is 1. The predicted octanol–water partition coefficient (Wildman–Crippen LogP) is 3.37. The van der Waals surface area contributed by atoms with Gasteiger partial charge in [-0.2, -0.15) is 11.8 Å². The lowest BCUT2D eigenvalue weighted by Crippen LogP contribution is -2.19. The standard InChI is InChI=1S/C13H20FNOS/c1-13(2,3)17-8-12(15)10-6-5-9(16-4)7-11(10)14/h5-7,12H,8,15H2,1-4H3. The lowest BCUT2D eigenvalue weighted by Gasteiger charge is -2.21. The number of benzene rings is 1. The van der Waals surface area contributed by atoms with Gasteiger partial charge in [-0.15, -0.1) is 0 Å². The normalized spacial score (nSPS) is 13.5. The van der Waals surface area contributed by atoms with Crippen LogP contribution in [0.2, 0.25) is 0 Å². The molecule has 1 rings (SSSR count). The largest absolute Gasteiger partial charge is 0.497 e. The van der Waals surface area contributed by atoms with E-state index in [1.54, 1.807) is 23.9 Å². The molecular formula is C13H20FNOS. The Bertz CT molecular complexity index is 376. The van der Waals surface area contributed by atoms with Crippen molar-refractivity contribution in [3.63, 3.8) is 0 Å². The van der Waals surface area contributed by atoms with Gasteiger partial charge in [0.1, 0.15) is 11.6 Å². The first-order valence-corrected chi connectivity index (χ1v) is 6.55. The number of nitrogens with two attached hydrogens (primary N) is 1. The minimum absolute atomic E-state index is 0.139. The molecule has 1 unspecified atom stereocenters. The number of halogens is 1. The van der Waals surface area contributed by atoms with E-state index in [0.717, 1.165) is 0 Å². The Morgan fingerprint density at radius 2 is 2.06 bits per heavy atom. The van der Waals surface area contributed by atoms with Crippen LogP contribution in [0.3, 0.4) is 0 Å². The van der Waals surface area contributed by atoms with Crippen molar-refractivity contribution in [3.05, 3.63) is 29.6 Å². The van der Waals surface area contributed by atoms with E-state index in [2.05, 4.69) is 20.8 Å². The second kappa shape index (κ2) is 5.74. The molecule has 96 valence electrons. The molecule has 0 aliphatic carbocycles. The molecule has 0 spiro atoms. The van der Waals surface area contributed by atoms with Crippen molar-refractivity contribution < 1.29 is 9.13 Å². The highest BCUT2D eigenvalue weighted by Gasteiger charge is 2.17. The quantitative estimate of drug-likeness (QED) is 0.898. The second-order valence-electron chi connectivity index (χ2n) is 4.92. The van der Waals surface area contributed by atoms with E-state index in [1.165, 1.54) is 13.2 Å². The number of ether oxygens (including phenoxy) is 1. The molecule has 0 aliphatic rings. The van der Waals surface area contributed by atoms with Crippen molar-refractivity contribution in [1.29, 1.82) is 0 Å². The first-order valence-electron chi connectivity index (χ1n) is 5.56. The van der Waals surface area contributed by atoms with Crippen molar-refractivity contribution >= 4 is 11.8 Å². The summed E-state index contributed by atoms with van der Waals surface area (Å²) in [6.07, 6.45) is 0. The fourth-order valence-corrected chi connectivity index (χ4v) is 2.22. The molecule has 0 saturated heterocycles. The molecule has 1 aromatic carbocycles. The second-order valence-corrected chi connectivity index (χ2v) is 6.76. The highest BCUT2D eigenvalue weighted by Crippen LogP contribution is 2.29. The van der Waals surface area contributed by atoms with Gasteiger partial charge in [0.2, 0.25) is 0 Å². The van der Waals surface area contributed by atoms with Crippen molar-refractivity contribution in [3.8, 4) is 5.75 Å². The van der Waals surface area contributed by atoms with Crippen LogP contribution in [-0.2, 0) is 0 Å². The van der Waals surface area contributed by atoms with Gasteiger partial charge in [-0.3, -0.25) is 0 Å². The summed E-state index contributed by atoms with van der Waals surface area (Å²) in [6.45, 7) is 6.36. The lowest BCUT2D eigenvalue weighted by molar-refractivity contribution is 0.410. The third-order valence-electron chi connectivity index (χ3n) is 2.30. The summed E-state index contributed by atoms with van der Waals surface area (Å²) in [5.41, 5.74) is 6.54. The van der Waals surface area contributed by atoms with Gasteiger partial charge in [-0.25, -0.2) is 4.39 Å². The van der Waals surface area contributed by atoms with Gasteiger partial charge in [0, 0.05) is 28.2 Å². The number of hydrogen-bond donors (Lipinski definition) is 1. The molecule has 0 aliphatic heterocycles. The molecule has 0 amide bonds. The van der Waals surface area contributed by atoms with Gasteiger partial charge in [0.25, 0.3) is 0 Å². The molecule has 4 heteroatoms. The summed E-state index contributed by atoms with van der Waals surface area (Å²) >= 11 is 1.73. The molecule has 0 saturated carbocycles. The van der Waals surface area contributed by atoms with Crippen LogP contribution in [0.5, 0.6) is 5.75 Å². The Morgan fingerprint density at radius 3 is 2.53 bits per heavy atom. The van der Waals surface area contributed by atoms with Crippen LogP contribution >= 0.6 is 11.8 Å². The SMILES string of the molecule is COc1ccc(C(N)CSC(C)(C)C)c(F)c1. The van der Waals surface area contributed by atoms with E-state index in [1.807, 2.05) is 0 Å². The maximum absolute atomic E-state index is 13.7. The van der Waals surface area contributed by atoms with E-state index in [-0.39, 0.29) is 16.6 Å². The summed E-state index contributed by atoms with van der Waals surface area (Å²) in [5.74, 6) is 0.917. The van der Waals surface area contributed by atoms with Crippen molar-refractivity contribution in [1.82, 2.24) is 0 Å². The van der Waals surface area contributed by atoms with Crippen LogP contribution in [0.1, 0.15) is 32.4 Å². The topological polar surface area (TPSA) is 35.2 Å². The van der Waals surface area contributed by atoms with Crippen molar-refractivity contribution in [2.24, 2.45) is 5.73 Å². The van der Waals surface area contributed by atoms with Gasteiger partial charge in [0.05, 0.1) is 7.11 Å². The van der Waals surface area contributed by atoms with Gasteiger partial charge in [0.15, 0.2) is 0 Å². The Kier molecular flexibility index (Phi) is 4.83. The van der Waals surface area contributed by atoms with Gasteiger partial charge >= 0.3 is 0 Å². The van der Waals surface area contributed by atoms with E-state index in [0.29, 0.717) is 17.1 Å². The monoisotopic (exact) mass is 257 g/mol. The predicted molar refractivity (Wildman–Crippen MR) is 72.1 cm³/mol. The molecule has 0 aromatic heterocycles. The van der Waals surface area contributed by atoms with Crippen LogP contribution in [-0.4, -0.2) is 17.6 Å². The number of thioether (sulfide) groups is 1. The molecule has 2 nitrogen and oxygen atoms in total. The zero-order chi connectivity index (χ0) is 13.1. The fraction of sp³-hybridized carbons (Fsp3) is 0.538. The van der Waals surface area contributed by atoms with Gasteiger partial charge in [-0.1, -0.05) is 26.8 Å². The molecule has 1 atom stereocenters. The number of rotatable bonds is 4. The highest BCUT2D eigenvalue weighted by molar-refractivity contribution is 8.00. The molecule has 17 heavy (non-hydrogen) atoms. The third kappa shape index (κ3) is 4.56. The zero-order valence-electron chi connectivity index (χ0n) is 10.8. The van der Waals surface area contributed by atoms with Crippen LogP contribution in [0.15, 0.2) is 18.2 Å². The highest BCUT2D eigenvalue weighted by atomic mass is 32.2. The maximum Gasteiger partial charge on any atom is 0.131 e. The average Bonchev–Trinajstić information content (AvgIpc) is 2.24. The first kappa shape index (κ1) is 14.3. The molecule has 2 N–H and O–H groups in total. The van der Waals surface area contributed by atoms with E-state index in [4.69, 9.17) is 10.5 Å². The van der Waals surface area contributed by atoms with E-state index in [9.17, 15) is 4.39 Å². The first-order chi connectivity index (χ1) is 7.83. The third-order valence-corrected chi connectivity index (χ3v) is 3.69. The van der Waals surface area contributed by atoms with Crippen molar-refractivity contribution in [2.45, 2.75) is 31.6 Å². The van der Waals surface area contributed by atoms with Crippen LogP contribution in [0.25, 0.3) is 0 Å². The average molecular weight is 257 g/mol. The molecule has 0 radical (unpaired) electrons. The van der Waals surface area contributed by atoms with Crippen molar-refractivity contribution in [2.75, 3.05) is 12.9 Å². The zero-order valence-corrected chi connectivity index (χ0v) is 11.6. The Morgan fingerprint density at radius 1 is 1.41 bits per heavy atom. The summed E-state index contributed by atoms with van der Waals surface area (Å²) in [6, 6.07) is 4.52. The summed E-state index contributed by atoms with van der Waals surface area (Å²) in [4.78, 5) is 0. The summed E-state index contributed by atoms with van der Waals surface area (Å²) in [7, 11) is 1.52. The molecular weight excluding hydrogens is 237 g/mol. The molecule has 0 bridgehead atoms. The smallest absolute Gasteiger partial charge is 0.131 e. The van der Waals surface area contributed by atoms with Gasteiger partial charge in [-0.05, 0) is 6.07 Å². The van der Waals surface area contributed by atoms with Gasteiger partial charge < -0.3 is 10.5 Å². The van der Waals surface area contributed by atoms with Crippen LogP contribution < -0.4 is 10.5 Å². The van der Waals surface area contributed by atoms with Crippen LogP contribution in [0, 0.1) is 5.82 Å². The summed E-state index contributed by atoms with van der Waals surface area (Å²) < 4.78 is 18.8. The van der Waals surface area contributed by atoms with E-state index >= 15 is 0 Å². The molecule has 0 fully saturated rings. The Labute approximate surface area is 107 Å². The Hall–Kier alpha value is -0.740. The van der Waals surface area contributed by atoms with Crippen LogP contribution in [0.4, 0.5) is 4.39 Å². The Balaban J connectivity index is 2.72. The molecule has 1 aromatic rings. The van der Waals surface area contributed by atoms with E-state index < -0.39 is 0 Å². The minimum atomic E-state index is -0.300.